The van der Waals surface area contributed by atoms with Crippen LogP contribution < -0.4 is 10.6 Å². The summed E-state index contributed by atoms with van der Waals surface area (Å²) in [6.07, 6.45) is 3.55. The minimum Gasteiger partial charge on any atom is -0.383 e. The molecule has 0 aromatic carbocycles. The van der Waals surface area contributed by atoms with Gasteiger partial charge in [0, 0.05) is 32.9 Å². The zero-order valence-electron chi connectivity index (χ0n) is 11.6. The molecule has 1 aromatic heterocycles. The Hall–Kier alpha value is -1.73. The van der Waals surface area contributed by atoms with E-state index in [1.54, 1.807) is 13.2 Å². The van der Waals surface area contributed by atoms with Crippen molar-refractivity contribution in [1.82, 2.24) is 15.3 Å². The molecule has 110 valence electrons. The van der Waals surface area contributed by atoms with Crippen LogP contribution in [-0.4, -0.2) is 55.4 Å². The molecule has 1 unspecified atom stereocenters. The van der Waals surface area contributed by atoms with Crippen LogP contribution in [0.4, 0.5) is 5.82 Å². The van der Waals surface area contributed by atoms with Crippen molar-refractivity contribution in [3.63, 3.8) is 0 Å². The first-order chi connectivity index (χ1) is 9.79. The lowest BCUT2D eigenvalue weighted by Gasteiger charge is -2.11. The molecule has 1 aliphatic rings. The van der Waals surface area contributed by atoms with Gasteiger partial charge < -0.3 is 20.1 Å². The zero-order valence-corrected chi connectivity index (χ0v) is 11.6. The van der Waals surface area contributed by atoms with Gasteiger partial charge >= 0.3 is 0 Å². The van der Waals surface area contributed by atoms with Gasteiger partial charge in [-0.1, -0.05) is 0 Å². The van der Waals surface area contributed by atoms with E-state index in [1.807, 2.05) is 0 Å². The van der Waals surface area contributed by atoms with Crippen molar-refractivity contribution in [1.29, 1.82) is 0 Å². The van der Waals surface area contributed by atoms with Crippen LogP contribution in [0.5, 0.6) is 0 Å². The lowest BCUT2D eigenvalue weighted by molar-refractivity contribution is 0.0853. The molecule has 20 heavy (non-hydrogen) atoms. The van der Waals surface area contributed by atoms with E-state index in [0.29, 0.717) is 31.2 Å². The Morgan fingerprint density at radius 2 is 2.45 bits per heavy atom. The van der Waals surface area contributed by atoms with Crippen LogP contribution in [0.3, 0.4) is 0 Å². The maximum Gasteiger partial charge on any atom is 0.270 e. The standard InChI is InChI=1S/C13H20N4O3/c1-19-6-4-14-12-7-11(16-9-17-12)13(18)15-8-10-3-2-5-20-10/h7,9-10H,2-6,8H2,1H3,(H,15,18)(H,14,16,17). The first-order valence-corrected chi connectivity index (χ1v) is 6.74. The number of amides is 1. The van der Waals surface area contributed by atoms with Gasteiger partial charge in [-0.25, -0.2) is 9.97 Å². The molecule has 0 spiro atoms. The van der Waals surface area contributed by atoms with Gasteiger partial charge in [0.2, 0.25) is 0 Å². The molecular weight excluding hydrogens is 260 g/mol. The molecule has 0 radical (unpaired) electrons. The summed E-state index contributed by atoms with van der Waals surface area (Å²) in [7, 11) is 1.63. The predicted octanol–water partition coefficient (Wildman–Crippen LogP) is 0.444. The summed E-state index contributed by atoms with van der Waals surface area (Å²) in [5.41, 5.74) is 0.345. The Morgan fingerprint density at radius 1 is 1.55 bits per heavy atom. The van der Waals surface area contributed by atoms with Crippen molar-refractivity contribution < 1.29 is 14.3 Å². The van der Waals surface area contributed by atoms with Crippen molar-refractivity contribution in [2.45, 2.75) is 18.9 Å². The lowest BCUT2D eigenvalue weighted by atomic mass is 10.2. The average Bonchev–Trinajstić information content (AvgIpc) is 2.99. The molecule has 7 nitrogen and oxygen atoms in total. The van der Waals surface area contributed by atoms with E-state index in [0.717, 1.165) is 19.4 Å². The molecule has 1 aliphatic heterocycles. The number of nitrogens with zero attached hydrogens (tertiary/aromatic N) is 2. The minimum absolute atomic E-state index is 0.125. The summed E-state index contributed by atoms with van der Waals surface area (Å²) >= 11 is 0. The third-order valence-corrected chi connectivity index (χ3v) is 3.03. The SMILES string of the molecule is COCCNc1cc(C(=O)NCC2CCCO2)ncn1. The van der Waals surface area contributed by atoms with Gasteiger partial charge in [-0.05, 0) is 12.8 Å². The quantitative estimate of drug-likeness (QED) is 0.705. The van der Waals surface area contributed by atoms with Crippen molar-refractivity contribution in [3.8, 4) is 0 Å². The molecule has 7 heteroatoms. The summed E-state index contributed by atoms with van der Waals surface area (Å²) in [5.74, 6) is 0.400. The summed E-state index contributed by atoms with van der Waals surface area (Å²) in [6, 6.07) is 1.63. The fourth-order valence-corrected chi connectivity index (χ4v) is 1.96. The monoisotopic (exact) mass is 280 g/mol. The van der Waals surface area contributed by atoms with E-state index in [4.69, 9.17) is 9.47 Å². The molecule has 1 saturated heterocycles. The second-order valence-electron chi connectivity index (χ2n) is 4.55. The van der Waals surface area contributed by atoms with Crippen LogP contribution in [-0.2, 0) is 9.47 Å². The maximum absolute atomic E-state index is 12.0. The Kier molecular flexibility index (Phi) is 5.69. The van der Waals surface area contributed by atoms with Gasteiger partial charge in [-0.15, -0.1) is 0 Å². The van der Waals surface area contributed by atoms with Crippen LogP contribution in [0.15, 0.2) is 12.4 Å². The van der Waals surface area contributed by atoms with Crippen molar-refractivity contribution in [2.75, 3.05) is 38.7 Å². The molecule has 0 bridgehead atoms. The Morgan fingerprint density at radius 3 is 3.20 bits per heavy atom. The molecule has 2 rings (SSSR count). The first-order valence-electron chi connectivity index (χ1n) is 6.74. The highest BCUT2D eigenvalue weighted by molar-refractivity contribution is 5.92. The van der Waals surface area contributed by atoms with Crippen LogP contribution in [0.2, 0.25) is 0 Å². The second-order valence-corrected chi connectivity index (χ2v) is 4.55. The van der Waals surface area contributed by atoms with Crippen LogP contribution in [0, 0.1) is 0 Å². The molecule has 0 aliphatic carbocycles. The highest BCUT2D eigenvalue weighted by atomic mass is 16.5. The van der Waals surface area contributed by atoms with E-state index in [1.165, 1.54) is 6.33 Å². The molecular formula is C13H20N4O3. The molecule has 1 aromatic rings. The summed E-state index contributed by atoms with van der Waals surface area (Å²) in [4.78, 5) is 20.0. The first kappa shape index (κ1) is 14.7. The van der Waals surface area contributed by atoms with Gasteiger partial charge in [0.25, 0.3) is 5.91 Å². The van der Waals surface area contributed by atoms with E-state index in [9.17, 15) is 4.79 Å². The van der Waals surface area contributed by atoms with E-state index in [2.05, 4.69) is 20.6 Å². The highest BCUT2D eigenvalue weighted by Gasteiger charge is 2.17. The molecule has 1 amide bonds. The predicted molar refractivity (Wildman–Crippen MR) is 73.7 cm³/mol. The van der Waals surface area contributed by atoms with Gasteiger partial charge in [0.15, 0.2) is 0 Å². The van der Waals surface area contributed by atoms with Crippen molar-refractivity contribution in [2.24, 2.45) is 0 Å². The van der Waals surface area contributed by atoms with Gasteiger partial charge in [0.05, 0.1) is 12.7 Å². The molecule has 1 atom stereocenters. The Balaban J connectivity index is 1.83. The normalized spacial score (nSPS) is 17.9. The number of carbonyl (C=O) groups is 1. The van der Waals surface area contributed by atoms with E-state index >= 15 is 0 Å². The second kappa shape index (κ2) is 7.76. The minimum atomic E-state index is -0.210. The third-order valence-electron chi connectivity index (χ3n) is 3.03. The summed E-state index contributed by atoms with van der Waals surface area (Å²) < 4.78 is 10.4. The van der Waals surface area contributed by atoms with Crippen LogP contribution >= 0.6 is 0 Å². The van der Waals surface area contributed by atoms with E-state index in [-0.39, 0.29) is 12.0 Å². The number of hydrogen-bond donors (Lipinski definition) is 2. The smallest absolute Gasteiger partial charge is 0.270 e. The summed E-state index contributed by atoms with van der Waals surface area (Å²) in [6.45, 7) is 2.51. The number of hydrogen-bond acceptors (Lipinski definition) is 6. The number of anilines is 1. The number of rotatable bonds is 7. The largest absolute Gasteiger partial charge is 0.383 e. The Labute approximate surface area is 118 Å². The van der Waals surface area contributed by atoms with Crippen LogP contribution in [0.25, 0.3) is 0 Å². The number of methoxy groups -OCH3 is 1. The Bertz CT molecular complexity index is 435. The topological polar surface area (TPSA) is 85.4 Å². The van der Waals surface area contributed by atoms with Gasteiger partial charge in [0.1, 0.15) is 17.8 Å². The van der Waals surface area contributed by atoms with Gasteiger partial charge in [-0.2, -0.15) is 0 Å². The number of aromatic nitrogens is 2. The molecule has 1 fully saturated rings. The van der Waals surface area contributed by atoms with Crippen LogP contribution in [0.1, 0.15) is 23.3 Å². The maximum atomic E-state index is 12.0. The van der Waals surface area contributed by atoms with Crippen molar-refractivity contribution >= 4 is 11.7 Å². The number of ether oxygens (including phenoxy) is 2. The van der Waals surface area contributed by atoms with Gasteiger partial charge in [-0.3, -0.25) is 4.79 Å². The summed E-state index contributed by atoms with van der Waals surface area (Å²) in [5, 5.41) is 5.89. The highest BCUT2D eigenvalue weighted by Crippen LogP contribution is 2.11. The number of nitrogens with one attached hydrogen (secondary N) is 2. The molecule has 2 N–H and O–H groups in total. The van der Waals surface area contributed by atoms with E-state index < -0.39 is 0 Å². The fourth-order valence-electron chi connectivity index (χ4n) is 1.96. The number of carbonyl (C=O) groups excluding carboxylic acids is 1. The zero-order chi connectivity index (χ0) is 14.2. The third kappa shape index (κ3) is 4.43. The van der Waals surface area contributed by atoms with Crippen molar-refractivity contribution in [3.05, 3.63) is 18.1 Å². The molecule has 0 saturated carbocycles. The average molecular weight is 280 g/mol. The lowest BCUT2D eigenvalue weighted by Crippen LogP contribution is -2.32. The fraction of sp³-hybridized carbons (Fsp3) is 0.615. The molecule has 2 heterocycles.